The molecule has 0 radical (unpaired) electrons. The number of carbonyl (C=O) groups excluding carboxylic acids is 1. The van der Waals surface area contributed by atoms with Crippen molar-refractivity contribution in [3.63, 3.8) is 0 Å². The minimum Gasteiger partial charge on any atom is -0.341 e. The topological polar surface area (TPSA) is 75.5 Å². The molecular formula is C15H21N3O3. The zero-order valence-electron chi connectivity index (χ0n) is 12.4. The van der Waals surface area contributed by atoms with Crippen molar-refractivity contribution in [3.8, 4) is 0 Å². The minimum atomic E-state index is -0.403. The number of carbonyl (C=O) groups is 1. The van der Waals surface area contributed by atoms with Crippen LogP contribution in [0.15, 0.2) is 24.3 Å². The molecule has 1 saturated heterocycles. The molecule has 2 atom stereocenters. The number of hydrogen-bond donors (Lipinski definition) is 1. The maximum atomic E-state index is 12.5. The van der Waals surface area contributed by atoms with Gasteiger partial charge in [0.05, 0.1) is 11.5 Å². The first-order valence-electron chi connectivity index (χ1n) is 7.19. The molecule has 1 heterocycles. The van der Waals surface area contributed by atoms with Crippen molar-refractivity contribution in [1.29, 1.82) is 0 Å². The van der Waals surface area contributed by atoms with Gasteiger partial charge < -0.3 is 10.2 Å². The van der Waals surface area contributed by atoms with Gasteiger partial charge in [0.25, 0.3) is 5.69 Å². The molecule has 0 bridgehead atoms. The van der Waals surface area contributed by atoms with E-state index in [1.165, 1.54) is 6.07 Å². The second-order valence-electron chi connectivity index (χ2n) is 5.66. The highest BCUT2D eigenvalue weighted by Gasteiger charge is 2.27. The molecule has 1 aromatic rings. The molecule has 1 aliphatic rings. The van der Waals surface area contributed by atoms with E-state index in [-0.39, 0.29) is 24.1 Å². The number of hydrogen-bond acceptors (Lipinski definition) is 4. The summed E-state index contributed by atoms with van der Waals surface area (Å²) in [6, 6.07) is 6.91. The van der Waals surface area contributed by atoms with E-state index in [1.54, 1.807) is 30.1 Å². The Morgan fingerprint density at radius 2 is 2.19 bits per heavy atom. The lowest BCUT2D eigenvalue weighted by atomic mass is 9.92. The van der Waals surface area contributed by atoms with Crippen LogP contribution in [0.25, 0.3) is 0 Å². The molecule has 2 rings (SSSR count). The van der Waals surface area contributed by atoms with Gasteiger partial charge >= 0.3 is 0 Å². The number of nitrogens with zero attached hydrogens (tertiary/aromatic N) is 2. The monoisotopic (exact) mass is 291 g/mol. The van der Waals surface area contributed by atoms with E-state index in [2.05, 4.69) is 12.2 Å². The Morgan fingerprint density at radius 1 is 1.48 bits per heavy atom. The predicted octanol–water partition coefficient (Wildman–Crippen LogP) is 1.94. The van der Waals surface area contributed by atoms with Crippen LogP contribution in [0.1, 0.15) is 25.3 Å². The number of amides is 1. The van der Waals surface area contributed by atoms with E-state index in [0.717, 1.165) is 19.4 Å². The first-order valence-corrected chi connectivity index (χ1v) is 7.19. The van der Waals surface area contributed by atoms with Crippen molar-refractivity contribution in [2.24, 2.45) is 5.92 Å². The molecule has 21 heavy (non-hydrogen) atoms. The van der Waals surface area contributed by atoms with Crippen molar-refractivity contribution >= 4 is 11.6 Å². The van der Waals surface area contributed by atoms with Crippen LogP contribution in [0.4, 0.5) is 5.69 Å². The standard InChI is InChI=1S/C15H21N3O3/c1-11-9-12(7-8-16-11)15(19)17(2)10-13-5-3-4-6-14(13)18(20)21/h3-6,11-12,16H,7-10H2,1-2H3. The Hall–Kier alpha value is -1.95. The van der Waals surface area contributed by atoms with Crippen molar-refractivity contribution in [1.82, 2.24) is 10.2 Å². The molecule has 1 amide bonds. The second kappa shape index (κ2) is 6.67. The van der Waals surface area contributed by atoms with E-state index < -0.39 is 4.92 Å². The third kappa shape index (κ3) is 3.78. The summed E-state index contributed by atoms with van der Waals surface area (Å²) in [5.74, 6) is 0.0792. The van der Waals surface area contributed by atoms with Gasteiger partial charge in [0.1, 0.15) is 0 Å². The number of piperidine rings is 1. The summed E-state index contributed by atoms with van der Waals surface area (Å²) < 4.78 is 0. The van der Waals surface area contributed by atoms with E-state index in [9.17, 15) is 14.9 Å². The third-order valence-corrected chi connectivity index (χ3v) is 3.94. The van der Waals surface area contributed by atoms with Crippen LogP contribution in [0.3, 0.4) is 0 Å². The molecule has 2 unspecified atom stereocenters. The van der Waals surface area contributed by atoms with Gasteiger partial charge in [-0.25, -0.2) is 0 Å². The van der Waals surface area contributed by atoms with Gasteiger partial charge in [-0.3, -0.25) is 14.9 Å². The van der Waals surface area contributed by atoms with E-state index in [4.69, 9.17) is 0 Å². The van der Waals surface area contributed by atoms with E-state index in [1.807, 2.05) is 0 Å². The quantitative estimate of drug-likeness (QED) is 0.679. The first kappa shape index (κ1) is 15.4. The predicted molar refractivity (Wildman–Crippen MR) is 79.8 cm³/mol. The highest BCUT2D eigenvalue weighted by atomic mass is 16.6. The number of benzene rings is 1. The molecule has 0 spiro atoms. The van der Waals surface area contributed by atoms with Crippen LogP contribution in [0.5, 0.6) is 0 Å². The van der Waals surface area contributed by atoms with Crippen molar-refractivity contribution in [2.75, 3.05) is 13.6 Å². The molecule has 6 heteroatoms. The lowest BCUT2D eigenvalue weighted by Crippen LogP contribution is -2.42. The maximum Gasteiger partial charge on any atom is 0.274 e. The molecule has 1 aliphatic heterocycles. The smallest absolute Gasteiger partial charge is 0.274 e. The number of rotatable bonds is 4. The van der Waals surface area contributed by atoms with Gasteiger partial charge in [0.2, 0.25) is 5.91 Å². The summed E-state index contributed by atoms with van der Waals surface area (Å²) in [6.45, 7) is 3.19. The van der Waals surface area contributed by atoms with E-state index >= 15 is 0 Å². The number of nitro benzene ring substituents is 1. The Balaban J connectivity index is 2.05. The molecule has 1 fully saturated rings. The molecule has 0 aliphatic carbocycles. The summed E-state index contributed by atoms with van der Waals surface area (Å²) in [5, 5.41) is 14.3. The minimum absolute atomic E-state index is 0.00835. The average Bonchev–Trinajstić information content (AvgIpc) is 2.46. The van der Waals surface area contributed by atoms with Gasteiger partial charge in [-0.15, -0.1) is 0 Å². The van der Waals surface area contributed by atoms with Crippen LogP contribution < -0.4 is 5.32 Å². The number of para-hydroxylation sites is 1. The van der Waals surface area contributed by atoms with Gasteiger partial charge in [-0.2, -0.15) is 0 Å². The zero-order chi connectivity index (χ0) is 15.4. The van der Waals surface area contributed by atoms with Crippen molar-refractivity contribution < 1.29 is 9.72 Å². The molecule has 0 saturated carbocycles. The third-order valence-electron chi connectivity index (χ3n) is 3.94. The largest absolute Gasteiger partial charge is 0.341 e. The molecule has 6 nitrogen and oxygen atoms in total. The lowest BCUT2D eigenvalue weighted by Gasteiger charge is -2.30. The molecule has 0 aromatic heterocycles. The van der Waals surface area contributed by atoms with Crippen LogP contribution in [0.2, 0.25) is 0 Å². The Labute approximate surface area is 124 Å². The van der Waals surface area contributed by atoms with E-state index in [0.29, 0.717) is 11.6 Å². The van der Waals surface area contributed by atoms with Gasteiger partial charge in [0, 0.05) is 30.6 Å². The summed E-state index contributed by atoms with van der Waals surface area (Å²) in [4.78, 5) is 24.7. The average molecular weight is 291 g/mol. The number of nitrogens with one attached hydrogen (secondary N) is 1. The van der Waals surface area contributed by atoms with Crippen molar-refractivity contribution in [2.45, 2.75) is 32.4 Å². The fraction of sp³-hybridized carbons (Fsp3) is 0.533. The van der Waals surface area contributed by atoms with Gasteiger partial charge in [0.15, 0.2) is 0 Å². The molecule has 114 valence electrons. The van der Waals surface area contributed by atoms with Crippen molar-refractivity contribution in [3.05, 3.63) is 39.9 Å². The van der Waals surface area contributed by atoms with Crippen LogP contribution >= 0.6 is 0 Å². The normalized spacial score (nSPS) is 21.8. The fourth-order valence-electron chi connectivity index (χ4n) is 2.82. The van der Waals surface area contributed by atoms with Gasteiger partial charge in [-0.1, -0.05) is 18.2 Å². The molecule has 1 N–H and O–H groups in total. The fourth-order valence-corrected chi connectivity index (χ4v) is 2.82. The Morgan fingerprint density at radius 3 is 2.86 bits per heavy atom. The SMILES string of the molecule is CC1CC(C(=O)N(C)Cc2ccccc2[N+](=O)[O-])CCN1. The van der Waals surface area contributed by atoms with Crippen LogP contribution in [-0.4, -0.2) is 35.4 Å². The molecular weight excluding hydrogens is 270 g/mol. The first-order chi connectivity index (χ1) is 9.99. The Kier molecular flexibility index (Phi) is 4.90. The van der Waals surface area contributed by atoms with Crippen LogP contribution in [0, 0.1) is 16.0 Å². The maximum absolute atomic E-state index is 12.5. The highest BCUT2D eigenvalue weighted by Crippen LogP contribution is 2.22. The highest BCUT2D eigenvalue weighted by molar-refractivity contribution is 5.78. The summed E-state index contributed by atoms with van der Waals surface area (Å²) in [7, 11) is 1.71. The Bertz CT molecular complexity index is 533. The second-order valence-corrected chi connectivity index (χ2v) is 5.66. The summed E-state index contributed by atoms with van der Waals surface area (Å²) >= 11 is 0. The van der Waals surface area contributed by atoms with Crippen LogP contribution in [-0.2, 0) is 11.3 Å². The zero-order valence-corrected chi connectivity index (χ0v) is 12.4. The molecule has 1 aromatic carbocycles. The summed E-state index contributed by atoms with van der Waals surface area (Å²) in [6.07, 6.45) is 1.64. The summed E-state index contributed by atoms with van der Waals surface area (Å²) in [5.41, 5.74) is 0.635. The number of nitro groups is 1. The van der Waals surface area contributed by atoms with Gasteiger partial charge in [-0.05, 0) is 26.3 Å². The lowest BCUT2D eigenvalue weighted by molar-refractivity contribution is -0.385.